The molecule has 0 aliphatic rings. The largest absolute Gasteiger partial charge is 0.393 e. The maximum Gasteiger partial charge on any atom is 0.0509 e. The third-order valence-corrected chi connectivity index (χ3v) is 1.18. The first-order chi connectivity index (χ1) is 4.54. The molecule has 0 heterocycles. The third kappa shape index (κ3) is 37.3. The van der Waals surface area contributed by atoms with Crippen LogP contribution in [0.2, 0.25) is 0 Å². The fourth-order valence-corrected chi connectivity index (χ4v) is 0. The van der Waals surface area contributed by atoms with E-state index >= 15 is 0 Å². The Bertz CT molecular complexity index is 48.1. The maximum absolute atomic E-state index is 8.36. The van der Waals surface area contributed by atoms with E-state index < -0.39 is 0 Å². The van der Waals surface area contributed by atoms with Crippen LogP contribution in [0.5, 0.6) is 0 Å². The molecule has 0 fully saturated rings. The van der Waals surface area contributed by atoms with Crippen LogP contribution in [-0.4, -0.2) is 22.4 Å². The summed E-state index contributed by atoms with van der Waals surface area (Å²) in [5.74, 6) is 0. The van der Waals surface area contributed by atoms with Crippen molar-refractivity contribution < 1.29 is 29.7 Å². The van der Waals surface area contributed by atoms with E-state index in [0.717, 1.165) is 12.8 Å². The summed E-state index contributed by atoms with van der Waals surface area (Å²) in [7, 11) is 0. The van der Waals surface area contributed by atoms with Crippen molar-refractivity contribution in [1.82, 2.24) is 0 Å². The topological polar surface area (TPSA) is 40.5 Å². The zero-order valence-corrected chi connectivity index (χ0v) is 11.1. The second-order valence-corrected chi connectivity index (χ2v) is 2.51. The monoisotopic (exact) mass is 212 g/mol. The normalized spacial score (nSPS) is 13.6. The van der Waals surface area contributed by atoms with Crippen LogP contribution in [0.3, 0.4) is 0 Å². The summed E-state index contributed by atoms with van der Waals surface area (Å²) in [5, 5.41) is 16.7. The first-order valence-electron chi connectivity index (χ1n) is 3.90. The quantitative estimate of drug-likeness (QED) is 0.684. The molecular formula is C8H20O2Zn. The van der Waals surface area contributed by atoms with Crippen molar-refractivity contribution in [1.29, 1.82) is 0 Å². The molecule has 3 heteroatoms. The van der Waals surface area contributed by atoms with Gasteiger partial charge in [0.1, 0.15) is 0 Å². The van der Waals surface area contributed by atoms with Crippen LogP contribution in [0.1, 0.15) is 40.5 Å². The Morgan fingerprint density at radius 1 is 0.909 bits per heavy atom. The second kappa shape index (κ2) is 13.2. The number of aliphatic hydroxyl groups excluding tert-OH is 2. The Kier molecular flexibility index (Phi) is 21.0. The van der Waals surface area contributed by atoms with Gasteiger partial charge in [-0.2, -0.15) is 0 Å². The molecule has 0 bridgehead atoms. The molecule has 0 amide bonds. The van der Waals surface area contributed by atoms with Crippen LogP contribution < -0.4 is 0 Å². The van der Waals surface area contributed by atoms with Crippen molar-refractivity contribution in [2.24, 2.45) is 0 Å². The molecule has 0 saturated heterocycles. The Morgan fingerprint density at radius 2 is 1.00 bits per heavy atom. The zero-order valence-electron chi connectivity index (χ0n) is 8.17. The minimum atomic E-state index is -0.116. The first kappa shape index (κ1) is 17.6. The van der Waals surface area contributed by atoms with Gasteiger partial charge in [0.25, 0.3) is 0 Å². The Morgan fingerprint density at radius 3 is 1.00 bits per heavy atom. The number of hydrogen-bond donors (Lipinski definition) is 2. The molecule has 0 rings (SSSR count). The fourth-order valence-electron chi connectivity index (χ4n) is 0. The smallest absolute Gasteiger partial charge is 0.0509 e. The average Bonchev–Trinajstić information content (AvgIpc) is 1.89. The summed E-state index contributed by atoms with van der Waals surface area (Å²) in [6.07, 6.45) is 1.49. The van der Waals surface area contributed by atoms with Gasteiger partial charge in [-0.15, -0.1) is 0 Å². The molecule has 0 aromatic carbocycles. The molecule has 2 nitrogen and oxygen atoms in total. The maximum atomic E-state index is 8.36. The molecule has 0 saturated carbocycles. The predicted molar refractivity (Wildman–Crippen MR) is 43.9 cm³/mol. The molecule has 11 heavy (non-hydrogen) atoms. The van der Waals surface area contributed by atoms with E-state index in [9.17, 15) is 0 Å². The molecule has 0 aromatic rings. The molecule has 0 radical (unpaired) electrons. The van der Waals surface area contributed by atoms with Crippen LogP contribution in [0.15, 0.2) is 0 Å². The van der Waals surface area contributed by atoms with E-state index in [2.05, 4.69) is 0 Å². The summed E-state index contributed by atoms with van der Waals surface area (Å²) in [6.45, 7) is 7.45. The summed E-state index contributed by atoms with van der Waals surface area (Å²) in [4.78, 5) is 0. The van der Waals surface area contributed by atoms with E-state index in [1.54, 1.807) is 13.8 Å². The van der Waals surface area contributed by atoms with E-state index in [0.29, 0.717) is 0 Å². The Hall–Kier alpha value is 0.543. The molecule has 0 aromatic heterocycles. The summed E-state index contributed by atoms with van der Waals surface area (Å²) >= 11 is 0. The van der Waals surface area contributed by atoms with Gasteiger partial charge >= 0.3 is 0 Å². The van der Waals surface area contributed by atoms with Crippen molar-refractivity contribution >= 4 is 0 Å². The fraction of sp³-hybridized carbons (Fsp3) is 1.00. The van der Waals surface area contributed by atoms with Crippen LogP contribution in [-0.2, 0) is 19.5 Å². The SMILES string of the molecule is CCC(C)O.CCC(C)O.[Zn]. The van der Waals surface area contributed by atoms with Crippen molar-refractivity contribution in [3.8, 4) is 0 Å². The van der Waals surface area contributed by atoms with E-state index in [1.807, 2.05) is 13.8 Å². The summed E-state index contributed by atoms with van der Waals surface area (Å²) in [5.41, 5.74) is 0. The molecule has 66 valence electrons. The minimum Gasteiger partial charge on any atom is -0.393 e. The summed E-state index contributed by atoms with van der Waals surface area (Å²) < 4.78 is 0. The van der Waals surface area contributed by atoms with E-state index in [4.69, 9.17) is 10.2 Å². The van der Waals surface area contributed by atoms with Crippen LogP contribution in [0.4, 0.5) is 0 Å². The standard InChI is InChI=1S/2C4H10O.Zn/c2*1-3-4(2)5;/h2*4-5H,3H2,1-2H3;. The van der Waals surface area contributed by atoms with Crippen molar-refractivity contribution in [3.05, 3.63) is 0 Å². The van der Waals surface area contributed by atoms with E-state index in [-0.39, 0.29) is 31.7 Å². The molecule has 2 atom stereocenters. The van der Waals surface area contributed by atoms with Crippen LogP contribution >= 0.6 is 0 Å². The Labute approximate surface area is 82.8 Å². The number of rotatable bonds is 2. The zero-order chi connectivity index (χ0) is 8.57. The van der Waals surface area contributed by atoms with Crippen LogP contribution in [0, 0.1) is 0 Å². The number of hydrogen-bond acceptors (Lipinski definition) is 2. The average molecular weight is 214 g/mol. The van der Waals surface area contributed by atoms with Crippen LogP contribution in [0.25, 0.3) is 0 Å². The van der Waals surface area contributed by atoms with Gasteiger partial charge in [-0.05, 0) is 26.7 Å². The van der Waals surface area contributed by atoms with Gasteiger partial charge in [-0.25, -0.2) is 0 Å². The Balaban J connectivity index is -0.000000107. The van der Waals surface area contributed by atoms with Crippen molar-refractivity contribution in [3.63, 3.8) is 0 Å². The summed E-state index contributed by atoms with van der Waals surface area (Å²) in [6, 6.07) is 0. The molecule has 2 N–H and O–H groups in total. The van der Waals surface area contributed by atoms with Gasteiger partial charge < -0.3 is 10.2 Å². The number of aliphatic hydroxyl groups is 2. The van der Waals surface area contributed by atoms with Crippen molar-refractivity contribution in [2.45, 2.75) is 52.7 Å². The predicted octanol–water partition coefficient (Wildman–Crippen LogP) is 1.55. The molecule has 0 spiro atoms. The first-order valence-corrected chi connectivity index (χ1v) is 3.90. The van der Waals surface area contributed by atoms with E-state index in [1.165, 1.54) is 0 Å². The van der Waals surface area contributed by atoms with Gasteiger partial charge in [-0.3, -0.25) is 0 Å². The van der Waals surface area contributed by atoms with Gasteiger partial charge in [0, 0.05) is 19.5 Å². The van der Waals surface area contributed by atoms with Crippen molar-refractivity contribution in [2.75, 3.05) is 0 Å². The van der Waals surface area contributed by atoms with Gasteiger partial charge in [-0.1, -0.05) is 13.8 Å². The van der Waals surface area contributed by atoms with Gasteiger partial charge in [0.2, 0.25) is 0 Å². The van der Waals surface area contributed by atoms with Gasteiger partial charge in [0.15, 0.2) is 0 Å². The molecule has 0 aliphatic carbocycles. The molecule has 0 aliphatic heterocycles. The minimum absolute atomic E-state index is 0. The second-order valence-electron chi connectivity index (χ2n) is 2.51. The third-order valence-electron chi connectivity index (χ3n) is 1.18. The molecule has 2 unspecified atom stereocenters. The van der Waals surface area contributed by atoms with Gasteiger partial charge in [0.05, 0.1) is 12.2 Å². The molecular weight excluding hydrogens is 193 g/mol.